The zero-order valence-corrected chi connectivity index (χ0v) is 17.7. The van der Waals surface area contributed by atoms with Crippen molar-refractivity contribution in [2.24, 2.45) is 0 Å². The number of rotatable bonds is 8. The Bertz CT molecular complexity index is 1110. The van der Waals surface area contributed by atoms with Crippen LogP contribution in [0.4, 0.5) is 0 Å². The van der Waals surface area contributed by atoms with Crippen LogP contribution >= 0.6 is 11.6 Å². The van der Waals surface area contributed by atoms with Crippen LogP contribution in [-0.4, -0.2) is 21.0 Å². The number of carbonyl (C=O) groups excluding carboxylic acids is 1. The lowest BCUT2D eigenvalue weighted by Gasteiger charge is -2.12. The van der Waals surface area contributed by atoms with Crippen LogP contribution in [0.3, 0.4) is 0 Å². The van der Waals surface area contributed by atoms with Gasteiger partial charge in [-0.25, -0.2) is 4.79 Å². The van der Waals surface area contributed by atoms with Crippen molar-refractivity contribution in [2.75, 3.05) is 6.61 Å². The Balaban J connectivity index is 1.70. The fourth-order valence-electron chi connectivity index (χ4n) is 2.58. The molecule has 0 aliphatic carbocycles. The van der Waals surface area contributed by atoms with E-state index in [0.717, 1.165) is 5.56 Å². The Labute approximate surface area is 180 Å². The molecule has 0 fully saturated rings. The summed E-state index contributed by atoms with van der Waals surface area (Å²) >= 11 is 5.93. The van der Waals surface area contributed by atoms with Crippen LogP contribution in [-0.2, 0) is 21.5 Å². The first-order chi connectivity index (χ1) is 14.4. The van der Waals surface area contributed by atoms with E-state index in [1.165, 1.54) is 42.5 Å². The first kappa shape index (κ1) is 21.7. The summed E-state index contributed by atoms with van der Waals surface area (Å²) in [6.07, 6.45) is 0. The van der Waals surface area contributed by atoms with Crippen molar-refractivity contribution < 1.29 is 26.9 Å². The molecule has 0 bridgehead atoms. The second-order valence-electron chi connectivity index (χ2n) is 6.15. The maximum atomic E-state index is 12.7. The molecular weight excluding hydrogens is 428 g/mol. The predicted molar refractivity (Wildman–Crippen MR) is 112 cm³/mol. The minimum atomic E-state index is -4.19. The third-order valence-electron chi connectivity index (χ3n) is 3.98. The zero-order chi connectivity index (χ0) is 21.6. The number of esters is 1. The van der Waals surface area contributed by atoms with Crippen LogP contribution < -0.4 is 8.92 Å². The minimum absolute atomic E-state index is 0.0389. The predicted octanol–water partition coefficient (Wildman–Crippen LogP) is 4.86. The quantitative estimate of drug-likeness (QED) is 0.363. The Morgan fingerprint density at radius 1 is 0.967 bits per heavy atom. The Kier molecular flexibility index (Phi) is 6.97. The van der Waals surface area contributed by atoms with Gasteiger partial charge in [-0.1, -0.05) is 41.9 Å². The number of carbonyl (C=O) groups is 1. The van der Waals surface area contributed by atoms with Crippen molar-refractivity contribution in [1.82, 2.24) is 0 Å². The molecule has 0 saturated heterocycles. The molecule has 0 aromatic heterocycles. The van der Waals surface area contributed by atoms with E-state index in [2.05, 4.69) is 0 Å². The first-order valence-corrected chi connectivity index (χ1v) is 10.9. The number of benzene rings is 3. The number of hydrogen-bond acceptors (Lipinski definition) is 6. The van der Waals surface area contributed by atoms with Gasteiger partial charge >= 0.3 is 16.1 Å². The molecule has 8 heteroatoms. The summed E-state index contributed by atoms with van der Waals surface area (Å²) in [5, 5.41) is 0.233. The van der Waals surface area contributed by atoms with E-state index in [0.29, 0.717) is 0 Å². The second-order valence-corrected chi connectivity index (χ2v) is 8.10. The molecule has 3 aromatic carbocycles. The van der Waals surface area contributed by atoms with Crippen LogP contribution in [0.15, 0.2) is 77.7 Å². The third kappa shape index (κ3) is 5.52. The third-order valence-corrected chi connectivity index (χ3v) is 5.49. The molecule has 3 aromatic rings. The van der Waals surface area contributed by atoms with Gasteiger partial charge in [-0.05, 0) is 55.0 Å². The van der Waals surface area contributed by atoms with Gasteiger partial charge < -0.3 is 13.7 Å². The molecule has 30 heavy (non-hydrogen) atoms. The van der Waals surface area contributed by atoms with Crippen molar-refractivity contribution in [1.29, 1.82) is 0 Å². The van der Waals surface area contributed by atoms with E-state index in [1.807, 2.05) is 30.3 Å². The summed E-state index contributed by atoms with van der Waals surface area (Å²) in [4.78, 5) is 12.0. The van der Waals surface area contributed by atoms with Crippen molar-refractivity contribution in [2.45, 2.75) is 18.4 Å². The van der Waals surface area contributed by atoms with Gasteiger partial charge in [0.25, 0.3) is 0 Å². The van der Waals surface area contributed by atoms with Gasteiger partial charge in [0.2, 0.25) is 0 Å². The molecule has 0 aliphatic rings. The first-order valence-electron chi connectivity index (χ1n) is 9.07. The monoisotopic (exact) mass is 446 g/mol. The number of ether oxygens (including phenoxy) is 2. The molecule has 6 nitrogen and oxygen atoms in total. The summed E-state index contributed by atoms with van der Waals surface area (Å²) in [7, 11) is -4.19. The molecule has 3 rings (SSSR count). The highest BCUT2D eigenvalue weighted by Gasteiger charge is 2.23. The van der Waals surface area contributed by atoms with Crippen LogP contribution in [0.2, 0.25) is 5.02 Å². The van der Waals surface area contributed by atoms with Crippen molar-refractivity contribution in [3.05, 3.63) is 88.9 Å². The van der Waals surface area contributed by atoms with Crippen LogP contribution in [0.25, 0.3) is 0 Å². The molecule has 0 N–H and O–H groups in total. The SMILES string of the molecule is CCOc1ccc(Cl)cc1S(=O)(=O)Oc1ccc(C(=O)OCc2ccccc2)cc1. The van der Waals surface area contributed by atoms with Crippen LogP contribution in [0, 0.1) is 0 Å². The zero-order valence-electron chi connectivity index (χ0n) is 16.1. The Morgan fingerprint density at radius 2 is 1.67 bits per heavy atom. The molecule has 0 saturated carbocycles. The fraction of sp³-hybridized carbons (Fsp3) is 0.136. The highest BCUT2D eigenvalue weighted by atomic mass is 35.5. The number of hydrogen-bond donors (Lipinski definition) is 0. The average molecular weight is 447 g/mol. The number of halogens is 1. The molecule has 0 unspecified atom stereocenters. The van der Waals surface area contributed by atoms with Crippen LogP contribution in [0.5, 0.6) is 11.5 Å². The minimum Gasteiger partial charge on any atom is -0.492 e. The lowest BCUT2D eigenvalue weighted by Crippen LogP contribution is -2.12. The smallest absolute Gasteiger partial charge is 0.342 e. The topological polar surface area (TPSA) is 78.9 Å². The second kappa shape index (κ2) is 9.65. The van der Waals surface area contributed by atoms with Gasteiger partial charge in [-0.3, -0.25) is 0 Å². The molecule has 0 atom stereocenters. The largest absolute Gasteiger partial charge is 0.492 e. The lowest BCUT2D eigenvalue weighted by atomic mass is 10.2. The molecule has 0 heterocycles. The molecule has 0 spiro atoms. The van der Waals surface area contributed by atoms with Gasteiger partial charge in [0.05, 0.1) is 12.2 Å². The molecule has 156 valence electrons. The van der Waals surface area contributed by atoms with E-state index >= 15 is 0 Å². The summed E-state index contributed by atoms with van der Waals surface area (Å²) < 4.78 is 41.1. The summed E-state index contributed by atoms with van der Waals surface area (Å²) in [5.41, 5.74) is 1.14. The summed E-state index contributed by atoms with van der Waals surface area (Å²) in [6, 6.07) is 19.1. The lowest BCUT2D eigenvalue weighted by molar-refractivity contribution is 0.0472. The normalized spacial score (nSPS) is 11.0. The average Bonchev–Trinajstić information content (AvgIpc) is 2.74. The standard InChI is InChI=1S/C22H19ClO6S/c1-2-27-20-13-10-18(23)14-21(20)30(25,26)29-19-11-8-17(9-12-19)22(24)28-15-16-6-4-3-5-7-16/h3-14H,2,15H2,1H3. The molecule has 0 aliphatic heterocycles. The highest BCUT2D eigenvalue weighted by molar-refractivity contribution is 7.87. The molecular formula is C22H19ClO6S. The van der Waals surface area contributed by atoms with Gasteiger partial charge in [0.15, 0.2) is 0 Å². The van der Waals surface area contributed by atoms with Crippen molar-refractivity contribution in [3.63, 3.8) is 0 Å². The van der Waals surface area contributed by atoms with Gasteiger partial charge in [-0.2, -0.15) is 8.42 Å². The fourth-order valence-corrected chi connectivity index (χ4v) is 3.91. The Morgan fingerprint density at radius 3 is 2.33 bits per heavy atom. The maximum Gasteiger partial charge on any atom is 0.342 e. The van der Waals surface area contributed by atoms with E-state index in [1.54, 1.807) is 6.92 Å². The highest BCUT2D eigenvalue weighted by Crippen LogP contribution is 2.30. The van der Waals surface area contributed by atoms with Crippen LogP contribution in [0.1, 0.15) is 22.8 Å². The molecule has 0 radical (unpaired) electrons. The van der Waals surface area contributed by atoms with Gasteiger partial charge in [0.1, 0.15) is 23.0 Å². The summed E-state index contributed by atoms with van der Waals surface area (Å²) in [5.74, 6) is -0.346. The molecule has 0 amide bonds. The van der Waals surface area contributed by atoms with Gasteiger partial charge in [0, 0.05) is 5.02 Å². The van der Waals surface area contributed by atoms with Crippen molar-refractivity contribution in [3.8, 4) is 11.5 Å². The maximum absolute atomic E-state index is 12.7. The van der Waals surface area contributed by atoms with E-state index in [4.69, 9.17) is 25.3 Å². The Hall–Kier alpha value is -3.03. The van der Waals surface area contributed by atoms with E-state index in [-0.39, 0.29) is 40.2 Å². The van der Waals surface area contributed by atoms with Gasteiger partial charge in [-0.15, -0.1) is 0 Å². The van der Waals surface area contributed by atoms with E-state index in [9.17, 15) is 13.2 Å². The summed E-state index contributed by atoms with van der Waals surface area (Å²) in [6.45, 7) is 2.16. The van der Waals surface area contributed by atoms with E-state index < -0.39 is 16.1 Å². The van der Waals surface area contributed by atoms with Crippen molar-refractivity contribution >= 4 is 27.7 Å².